The van der Waals surface area contributed by atoms with Gasteiger partial charge in [-0.3, -0.25) is 0 Å². The van der Waals surface area contributed by atoms with E-state index in [1.54, 1.807) is 6.07 Å². The summed E-state index contributed by atoms with van der Waals surface area (Å²) < 4.78 is 10.3. The van der Waals surface area contributed by atoms with E-state index in [2.05, 4.69) is 16.2 Å². The second kappa shape index (κ2) is 5.57. The molecule has 0 saturated heterocycles. The largest absolute Gasteiger partial charge is 0.381 e. The minimum absolute atomic E-state index is 0.461. The van der Waals surface area contributed by atoms with Crippen molar-refractivity contribution in [3.8, 4) is 16.8 Å². The molecule has 0 saturated carbocycles. The number of nitrogens with zero attached hydrogens (tertiary/aromatic N) is 3. The van der Waals surface area contributed by atoms with Gasteiger partial charge in [0.2, 0.25) is 0 Å². The van der Waals surface area contributed by atoms with Crippen LogP contribution in [-0.2, 0) is 11.2 Å². The molecule has 0 aliphatic heterocycles. The summed E-state index contributed by atoms with van der Waals surface area (Å²) in [4.78, 5) is 5.69. The van der Waals surface area contributed by atoms with Crippen molar-refractivity contribution < 1.29 is 9.26 Å². The Kier molecular flexibility index (Phi) is 3.85. The van der Waals surface area contributed by atoms with E-state index in [9.17, 15) is 0 Å². The molecular weight excluding hydrogens is 238 g/mol. The zero-order valence-electron chi connectivity index (χ0n) is 9.34. The molecule has 6 heteroatoms. The third-order valence-corrected chi connectivity index (χ3v) is 3.05. The van der Waals surface area contributed by atoms with Gasteiger partial charge in [0, 0.05) is 13.0 Å². The molecular formula is C11H11N3O2S. The van der Waals surface area contributed by atoms with Crippen LogP contribution in [0, 0.1) is 11.3 Å². The third kappa shape index (κ3) is 2.90. The molecule has 0 amide bonds. The van der Waals surface area contributed by atoms with Gasteiger partial charge < -0.3 is 9.26 Å². The van der Waals surface area contributed by atoms with Gasteiger partial charge in [-0.2, -0.15) is 10.2 Å². The highest BCUT2D eigenvalue weighted by Crippen LogP contribution is 2.26. The molecule has 0 aliphatic carbocycles. The van der Waals surface area contributed by atoms with E-state index in [0.29, 0.717) is 36.2 Å². The smallest absolute Gasteiger partial charge is 0.268 e. The van der Waals surface area contributed by atoms with Crippen LogP contribution in [0.15, 0.2) is 16.7 Å². The van der Waals surface area contributed by atoms with Gasteiger partial charge >= 0.3 is 0 Å². The van der Waals surface area contributed by atoms with Gasteiger partial charge in [-0.15, -0.1) is 11.3 Å². The van der Waals surface area contributed by atoms with E-state index in [4.69, 9.17) is 14.5 Å². The first-order valence-electron chi connectivity index (χ1n) is 5.24. The van der Waals surface area contributed by atoms with E-state index in [1.165, 1.54) is 11.3 Å². The van der Waals surface area contributed by atoms with E-state index in [-0.39, 0.29) is 0 Å². The average Bonchev–Trinajstić information content (AvgIpc) is 2.97. The molecule has 2 heterocycles. The Hall–Kier alpha value is -1.71. The van der Waals surface area contributed by atoms with Crippen LogP contribution in [0.4, 0.5) is 0 Å². The van der Waals surface area contributed by atoms with E-state index < -0.39 is 0 Å². The summed E-state index contributed by atoms with van der Waals surface area (Å²) >= 11 is 1.34. The maximum absolute atomic E-state index is 8.72. The lowest BCUT2D eigenvalue weighted by Gasteiger charge is -1.94. The van der Waals surface area contributed by atoms with Gasteiger partial charge in [0.05, 0.1) is 11.5 Å². The molecule has 2 aromatic heterocycles. The Bertz CT molecular complexity index is 527. The van der Waals surface area contributed by atoms with Gasteiger partial charge in [-0.25, -0.2) is 0 Å². The van der Waals surface area contributed by atoms with E-state index in [1.807, 2.05) is 13.0 Å². The maximum atomic E-state index is 8.72. The zero-order valence-corrected chi connectivity index (χ0v) is 10.2. The molecule has 2 aromatic rings. The van der Waals surface area contributed by atoms with Gasteiger partial charge in [-0.05, 0) is 19.1 Å². The van der Waals surface area contributed by atoms with Crippen molar-refractivity contribution in [1.82, 2.24) is 10.1 Å². The molecule has 2 rings (SSSR count). The Morgan fingerprint density at radius 2 is 2.41 bits per heavy atom. The van der Waals surface area contributed by atoms with E-state index in [0.717, 1.165) is 4.88 Å². The fraction of sp³-hybridized carbons (Fsp3) is 0.364. The molecule has 0 aromatic carbocycles. The SMILES string of the molecule is CCOCCc1noc(-c2ccc(C#N)s2)n1. The van der Waals surface area contributed by atoms with Crippen molar-refractivity contribution >= 4 is 11.3 Å². The molecule has 0 bridgehead atoms. The number of rotatable bonds is 5. The summed E-state index contributed by atoms with van der Waals surface area (Å²) in [5, 5.41) is 12.6. The molecule has 17 heavy (non-hydrogen) atoms. The fourth-order valence-corrected chi connectivity index (χ4v) is 2.00. The highest BCUT2D eigenvalue weighted by atomic mass is 32.1. The molecule has 0 atom stereocenters. The number of hydrogen-bond acceptors (Lipinski definition) is 6. The Balaban J connectivity index is 2.05. The molecule has 0 spiro atoms. The predicted molar refractivity (Wildman–Crippen MR) is 62.5 cm³/mol. The first-order chi connectivity index (χ1) is 8.33. The minimum Gasteiger partial charge on any atom is -0.381 e. The topological polar surface area (TPSA) is 71.9 Å². The Morgan fingerprint density at radius 3 is 3.12 bits per heavy atom. The lowest BCUT2D eigenvalue weighted by Crippen LogP contribution is -1.99. The summed E-state index contributed by atoms with van der Waals surface area (Å²) in [7, 11) is 0. The van der Waals surface area contributed by atoms with Crippen LogP contribution in [-0.4, -0.2) is 23.4 Å². The highest BCUT2D eigenvalue weighted by molar-refractivity contribution is 7.15. The quantitative estimate of drug-likeness (QED) is 0.760. The summed E-state index contributed by atoms with van der Waals surface area (Å²) in [6, 6.07) is 5.62. The number of nitriles is 1. The van der Waals surface area contributed by atoms with Crippen molar-refractivity contribution in [3.05, 3.63) is 22.8 Å². The van der Waals surface area contributed by atoms with Crippen LogP contribution < -0.4 is 0 Å². The van der Waals surface area contributed by atoms with Crippen LogP contribution in [0.3, 0.4) is 0 Å². The van der Waals surface area contributed by atoms with Crippen molar-refractivity contribution in [2.75, 3.05) is 13.2 Å². The van der Waals surface area contributed by atoms with Crippen LogP contribution in [0.5, 0.6) is 0 Å². The third-order valence-electron chi connectivity index (χ3n) is 2.07. The van der Waals surface area contributed by atoms with E-state index >= 15 is 0 Å². The van der Waals surface area contributed by atoms with Crippen molar-refractivity contribution in [2.24, 2.45) is 0 Å². The van der Waals surface area contributed by atoms with Gasteiger partial charge in [0.25, 0.3) is 5.89 Å². The second-order valence-electron chi connectivity index (χ2n) is 3.24. The summed E-state index contributed by atoms with van der Waals surface area (Å²) in [6.45, 7) is 3.21. The van der Waals surface area contributed by atoms with Crippen molar-refractivity contribution in [3.63, 3.8) is 0 Å². The Morgan fingerprint density at radius 1 is 1.53 bits per heavy atom. The molecule has 0 unspecified atom stereocenters. The lowest BCUT2D eigenvalue weighted by molar-refractivity contribution is 0.149. The number of hydrogen-bond donors (Lipinski definition) is 0. The van der Waals surface area contributed by atoms with Crippen molar-refractivity contribution in [2.45, 2.75) is 13.3 Å². The molecule has 0 radical (unpaired) electrons. The van der Waals surface area contributed by atoms with Crippen LogP contribution in [0.2, 0.25) is 0 Å². The normalized spacial score (nSPS) is 10.4. The number of thiophene rings is 1. The second-order valence-corrected chi connectivity index (χ2v) is 4.32. The van der Waals surface area contributed by atoms with Gasteiger partial charge in [-0.1, -0.05) is 5.16 Å². The number of ether oxygens (including phenoxy) is 1. The molecule has 88 valence electrons. The molecule has 5 nitrogen and oxygen atoms in total. The lowest BCUT2D eigenvalue weighted by atomic mass is 10.4. The standard InChI is InChI=1S/C11H11N3O2S/c1-2-15-6-5-10-13-11(16-14-10)9-4-3-8(7-12)17-9/h3-4H,2,5-6H2,1H3. The van der Waals surface area contributed by atoms with Crippen molar-refractivity contribution in [1.29, 1.82) is 5.26 Å². The maximum Gasteiger partial charge on any atom is 0.268 e. The summed E-state index contributed by atoms with van der Waals surface area (Å²) in [6.07, 6.45) is 0.633. The summed E-state index contributed by atoms with van der Waals surface area (Å²) in [5.41, 5.74) is 0. The summed E-state index contributed by atoms with van der Waals surface area (Å²) in [5.74, 6) is 1.09. The highest BCUT2D eigenvalue weighted by Gasteiger charge is 2.11. The fourth-order valence-electron chi connectivity index (χ4n) is 1.28. The number of aromatic nitrogens is 2. The van der Waals surface area contributed by atoms with Crippen LogP contribution in [0.1, 0.15) is 17.6 Å². The van der Waals surface area contributed by atoms with Crippen LogP contribution >= 0.6 is 11.3 Å². The Labute approximate surface area is 103 Å². The average molecular weight is 249 g/mol. The molecule has 0 N–H and O–H groups in total. The molecule has 0 fully saturated rings. The monoisotopic (exact) mass is 249 g/mol. The first kappa shape index (κ1) is 11.8. The van der Waals surface area contributed by atoms with Gasteiger partial charge in [0.1, 0.15) is 10.9 Å². The predicted octanol–water partition coefficient (Wildman–Crippen LogP) is 2.25. The zero-order chi connectivity index (χ0) is 12.1. The van der Waals surface area contributed by atoms with Crippen LogP contribution in [0.25, 0.3) is 10.8 Å². The van der Waals surface area contributed by atoms with Gasteiger partial charge in [0.15, 0.2) is 5.82 Å². The molecule has 0 aliphatic rings. The first-order valence-corrected chi connectivity index (χ1v) is 6.05. The minimum atomic E-state index is 0.461.